The fourth-order valence-electron chi connectivity index (χ4n) is 5.28. The summed E-state index contributed by atoms with van der Waals surface area (Å²) in [6.07, 6.45) is 1.45. The van der Waals surface area contributed by atoms with Crippen LogP contribution in [0.5, 0.6) is 5.75 Å². The summed E-state index contributed by atoms with van der Waals surface area (Å²) in [6.45, 7) is 11.4. The molecule has 0 aliphatic carbocycles. The Kier molecular flexibility index (Phi) is 7.93. The van der Waals surface area contributed by atoms with Gasteiger partial charge < -0.3 is 10.1 Å². The largest absolute Gasteiger partial charge is 0.476 e. The maximum Gasteiger partial charge on any atom is 0.264 e. The number of fused-ring (bicyclic) bond motifs is 1. The topological polar surface area (TPSA) is 79.0 Å². The van der Waals surface area contributed by atoms with E-state index >= 15 is 0 Å². The zero-order valence-electron chi connectivity index (χ0n) is 23.8. The number of ether oxygens (including phenoxy) is 1. The third-order valence-electron chi connectivity index (χ3n) is 7.76. The standard InChI is InChI=1S/C32H39N3O4S/c1-23-11-14-27(15-12-23)40(37,38)35-22-30(39-29-16-13-26(19-28(29)35)32(2,3)4)31(36)33-20-24-9-5-6-10-25(24)21-34-17-7-8-18-34/h5-6,9-16,19,30H,7-8,17-18,20-22H2,1-4H3,(H,33,36). The predicted octanol–water partition coefficient (Wildman–Crippen LogP) is 5.16. The minimum Gasteiger partial charge on any atom is -0.476 e. The van der Waals surface area contributed by atoms with Crippen LogP contribution in [0.4, 0.5) is 5.69 Å². The van der Waals surface area contributed by atoms with Crippen LogP contribution in [0.2, 0.25) is 0 Å². The van der Waals surface area contributed by atoms with Gasteiger partial charge in [-0.15, -0.1) is 0 Å². The monoisotopic (exact) mass is 561 g/mol. The molecule has 3 aromatic rings. The van der Waals surface area contributed by atoms with E-state index in [0.717, 1.165) is 36.3 Å². The molecule has 7 nitrogen and oxygen atoms in total. The summed E-state index contributed by atoms with van der Waals surface area (Å²) in [5, 5.41) is 3.02. The smallest absolute Gasteiger partial charge is 0.264 e. The molecule has 5 rings (SSSR count). The van der Waals surface area contributed by atoms with Crippen molar-refractivity contribution < 1.29 is 17.9 Å². The first-order valence-corrected chi connectivity index (χ1v) is 15.4. The van der Waals surface area contributed by atoms with Crippen LogP contribution in [0, 0.1) is 6.92 Å². The van der Waals surface area contributed by atoms with E-state index in [1.165, 1.54) is 22.7 Å². The molecule has 2 aliphatic rings. The van der Waals surface area contributed by atoms with Gasteiger partial charge in [-0.1, -0.05) is 68.8 Å². The highest BCUT2D eigenvalue weighted by atomic mass is 32.2. The van der Waals surface area contributed by atoms with Crippen molar-refractivity contribution in [2.24, 2.45) is 0 Å². The minimum absolute atomic E-state index is 0.113. The zero-order chi connectivity index (χ0) is 28.5. The Labute approximate surface area is 238 Å². The number of nitrogens with one attached hydrogen (secondary N) is 1. The third kappa shape index (κ3) is 6.03. The van der Waals surface area contributed by atoms with Gasteiger partial charge >= 0.3 is 0 Å². The number of likely N-dealkylation sites (tertiary alicyclic amines) is 1. The second-order valence-corrected chi connectivity index (χ2v) is 13.7. The van der Waals surface area contributed by atoms with Crippen molar-refractivity contribution in [1.82, 2.24) is 10.2 Å². The summed E-state index contributed by atoms with van der Waals surface area (Å²) >= 11 is 0. The van der Waals surface area contributed by atoms with Crippen molar-refractivity contribution in [2.75, 3.05) is 23.9 Å². The Bertz CT molecular complexity index is 1470. The fraction of sp³-hybridized carbons (Fsp3) is 0.406. The molecule has 0 spiro atoms. The maximum atomic E-state index is 13.9. The number of sulfonamides is 1. The van der Waals surface area contributed by atoms with E-state index in [2.05, 4.69) is 37.1 Å². The molecule has 212 valence electrons. The Morgan fingerprint density at radius 3 is 2.33 bits per heavy atom. The molecule has 1 amide bonds. The van der Waals surface area contributed by atoms with Crippen LogP contribution in [-0.4, -0.2) is 45.0 Å². The Hall–Kier alpha value is -3.36. The van der Waals surface area contributed by atoms with Gasteiger partial charge in [-0.3, -0.25) is 14.0 Å². The molecule has 0 saturated carbocycles. The molecule has 40 heavy (non-hydrogen) atoms. The number of aryl methyl sites for hydroxylation is 1. The molecule has 1 fully saturated rings. The van der Waals surface area contributed by atoms with Gasteiger partial charge in [0.15, 0.2) is 6.10 Å². The molecule has 0 radical (unpaired) electrons. The molecule has 1 unspecified atom stereocenters. The van der Waals surface area contributed by atoms with E-state index in [4.69, 9.17) is 4.74 Å². The molecule has 8 heteroatoms. The van der Waals surface area contributed by atoms with E-state index in [1.807, 2.05) is 37.3 Å². The molecule has 1 N–H and O–H groups in total. The van der Waals surface area contributed by atoms with Crippen LogP contribution in [0.25, 0.3) is 0 Å². The number of amides is 1. The molecule has 0 bridgehead atoms. The molecular formula is C32H39N3O4S. The summed E-state index contributed by atoms with van der Waals surface area (Å²) in [5.41, 5.74) is 4.46. The molecule has 1 saturated heterocycles. The molecule has 3 aromatic carbocycles. The van der Waals surface area contributed by atoms with Gasteiger partial charge in [0, 0.05) is 13.1 Å². The van der Waals surface area contributed by atoms with Crippen LogP contribution >= 0.6 is 0 Å². The first-order valence-electron chi connectivity index (χ1n) is 14.0. The number of carbonyl (C=O) groups excluding carboxylic acids is 1. The Morgan fingerprint density at radius 2 is 1.65 bits per heavy atom. The second kappa shape index (κ2) is 11.3. The molecule has 2 heterocycles. The van der Waals surface area contributed by atoms with Gasteiger partial charge in [-0.05, 0) is 79.2 Å². The number of anilines is 1. The average molecular weight is 562 g/mol. The number of hydrogen-bond acceptors (Lipinski definition) is 5. The van der Waals surface area contributed by atoms with Gasteiger partial charge in [0.25, 0.3) is 15.9 Å². The van der Waals surface area contributed by atoms with Gasteiger partial charge in [0.1, 0.15) is 5.75 Å². The van der Waals surface area contributed by atoms with Gasteiger partial charge in [0.2, 0.25) is 0 Å². The summed E-state index contributed by atoms with van der Waals surface area (Å²) in [5.74, 6) is 0.0372. The predicted molar refractivity (Wildman–Crippen MR) is 158 cm³/mol. The van der Waals surface area contributed by atoms with E-state index in [1.54, 1.807) is 30.3 Å². The third-order valence-corrected chi connectivity index (χ3v) is 9.55. The van der Waals surface area contributed by atoms with Gasteiger partial charge in [0.05, 0.1) is 17.1 Å². The summed E-state index contributed by atoms with van der Waals surface area (Å²) in [7, 11) is -3.94. The Balaban J connectivity index is 1.40. The number of nitrogens with zero attached hydrogens (tertiary/aromatic N) is 2. The van der Waals surface area contributed by atoms with Crippen molar-refractivity contribution in [3.05, 3.63) is 89.0 Å². The number of rotatable bonds is 7. The quantitative estimate of drug-likeness (QED) is 0.431. The normalized spacial score (nSPS) is 17.8. The van der Waals surface area contributed by atoms with Crippen molar-refractivity contribution >= 4 is 21.6 Å². The highest BCUT2D eigenvalue weighted by molar-refractivity contribution is 7.92. The van der Waals surface area contributed by atoms with E-state index < -0.39 is 16.1 Å². The fourth-order valence-corrected chi connectivity index (χ4v) is 6.75. The van der Waals surface area contributed by atoms with Gasteiger partial charge in [-0.25, -0.2) is 8.42 Å². The average Bonchev–Trinajstić information content (AvgIpc) is 3.44. The number of carbonyl (C=O) groups is 1. The summed E-state index contributed by atoms with van der Waals surface area (Å²) < 4.78 is 35.3. The van der Waals surface area contributed by atoms with Crippen molar-refractivity contribution in [2.45, 2.75) is 70.0 Å². The second-order valence-electron chi connectivity index (χ2n) is 11.9. The molecule has 1 atom stereocenters. The van der Waals surface area contributed by atoms with E-state index in [-0.39, 0.29) is 22.8 Å². The molecular weight excluding hydrogens is 522 g/mol. The maximum absolute atomic E-state index is 13.9. The summed E-state index contributed by atoms with van der Waals surface area (Å²) in [4.78, 5) is 16.1. The highest BCUT2D eigenvalue weighted by Crippen LogP contribution is 2.40. The van der Waals surface area contributed by atoms with Crippen molar-refractivity contribution in [3.63, 3.8) is 0 Å². The van der Waals surface area contributed by atoms with Crippen molar-refractivity contribution in [3.8, 4) is 5.75 Å². The lowest BCUT2D eigenvalue weighted by Crippen LogP contribution is -2.50. The summed E-state index contributed by atoms with van der Waals surface area (Å²) in [6, 6.07) is 20.5. The first kappa shape index (κ1) is 28.2. The Morgan fingerprint density at radius 1 is 0.975 bits per heavy atom. The van der Waals surface area contributed by atoms with E-state index in [9.17, 15) is 13.2 Å². The number of hydrogen-bond donors (Lipinski definition) is 1. The highest BCUT2D eigenvalue weighted by Gasteiger charge is 2.38. The van der Waals surface area contributed by atoms with Gasteiger partial charge in [-0.2, -0.15) is 0 Å². The van der Waals surface area contributed by atoms with Crippen LogP contribution in [0.15, 0.2) is 71.6 Å². The SMILES string of the molecule is Cc1ccc(S(=O)(=O)N2CC(C(=O)NCc3ccccc3CN3CCCC3)Oc3ccc(C(C)(C)C)cc32)cc1. The van der Waals surface area contributed by atoms with Crippen molar-refractivity contribution in [1.29, 1.82) is 0 Å². The molecule has 0 aromatic heterocycles. The van der Waals surface area contributed by atoms with Crippen LogP contribution < -0.4 is 14.4 Å². The lowest BCUT2D eigenvalue weighted by atomic mass is 9.86. The lowest BCUT2D eigenvalue weighted by Gasteiger charge is -2.36. The zero-order valence-corrected chi connectivity index (χ0v) is 24.6. The lowest BCUT2D eigenvalue weighted by molar-refractivity contribution is -0.127. The van der Waals surface area contributed by atoms with Crippen LogP contribution in [0.3, 0.4) is 0 Å². The minimum atomic E-state index is -3.94. The number of benzene rings is 3. The van der Waals surface area contributed by atoms with E-state index in [0.29, 0.717) is 18.0 Å². The first-order chi connectivity index (χ1) is 19.0. The molecule has 2 aliphatic heterocycles. The van der Waals surface area contributed by atoms with Crippen LogP contribution in [-0.2, 0) is 33.3 Å². The van der Waals surface area contributed by atoms with Crippen LogP contribution in [0.1, 0.15) is 55.9 Å².